The molecule has 0 spiro atoms. The molecular formula is C13H14N2O4S2. The zero-order chi connectivity index (χ0) is 15.5. The molecule has 0 bridgehead atoms. The number of carbonyl (C=O) groups excluding carboxylic acids is 1. The van der Waals surface area contributed by atoms with E-state index in [9.17, 15) is 13.2 Å². The van der Waals surface area contributed by atoms with Gasteiger partial charge in [-0.25, -0.2) is 18.2 Å². The van der Waals surface area contributed by atoms with Gasteiger partial charge in [0.25, 0.3) is 4.87 Å². The number of hydrogen-bond acceptors (Lipinski definition) is 7. The van der Waals surface area contributed by atoms with Crippen LogP contribution in [0.4, 0.5) is 0 Å². The van der Waals surface area contributed by atoms with Crippen LogP contribution in [0.2, 0.25) is 0 Å². The van der Waals surface area contributed by atoms with Crippen molar-refractivity contribution in [1.29, 1.82) is 0 Å². The Balaban J connectivity index is 2.64. The summed E-state index contributed by atoms with van der Waals surface area (Å²) in [6.07, 6.45) is 0. The van der Waals surface area contributed by atoms with Crippen LogP contribution in [-0.2, 0) is 24.2 Å². The molecule has 0 aliphatic rings. The van der Waals surface area contributed by atoms with Crippen LogP contribution in [-0.4, -0.2) is 26.0 Å². The highest BCUT2D eigenvalue weighted by Crippen LogP contribution is 2.32. The van der Waals surface area contributed by atoms with E-state index in [-0.39, 0.29) is 17.2 Å². The normalized spacial score (nSPS) is 14.4. The molecule has 1 heterocycles. The molecule has 8 heteroatoms. The van der Waals surface area contributed by atoms with Gasteiger partial charge in [-0.2, -0.15) is 0 Å². The fourth-order valence-electron chi connectivity index (χ4n) is 1.77. The van der Waals surface area contributed by atoms with Crippen molar-refractivity contribution in [2.75, 3.05) is 6.61 Å². The molecule has 0 saturated carbocycles. The summed E-state index contributed by atoms with van der Waals surface area (Å²) in [5, 5.41) is 1.43. The minimum atomic E-state index is -4.20. The fourth-order valence-corrected chi connectivity index (χ4v) is 4.01. The van der Waals surface area contributed by atoms with E-state index in [0.29, 0.717) is 0 Å². The fraction of sp³-hybridized carbons (Fsp3) is 0.231. The van der Waals surface area contributed by atoms with E-state index < -0.39 is 20.7 Å². The molecule has 1 atom stereocenters. The predicted molar refractivity (Wildman–Crippen MR) is 78.2 cm³/mol. The lowest BCUT2D eigenvalue weighted by atomic mass is 10.2. The number of benzene rings is 1. The van der Waals surface area contributed by atoms with Gasteiger partial charge in [-0.3, -0.25) is 5.73 Å². The Morgan fingerprint density at radius 3 is 2.57 bits per heavy atom. The second-order valence-electron chi connectivity index (χ2n) is 4.15. The molecule has 0 fully saturated rings. The number of esters is 1. The summed E-state index contributed by atoms with van der Waals surface area (Å²) in [5.41, 5.74) is 7.35. The number of ether oxygens (including phenoxy) is 1. The second-order valence-corrected chi connectivity index (χ2v) is 6.99. The van der Waals surface area contributed by atoms with Crippen LogP contribution in [0.1, 0.15) is 12.6 Å². The van der Waals surface area contributed by atoms with Gasteiger partial charge in [-0.15, -0.1) is 11.3 Å². The van der Waals surface area contributed by atoms with E-state index in [4.69, 9.17) is 10.5 Å². The largest absolute Gasteiger partial charge is 0.464 e. The van der Waals surface area contributed by atoms with Gasteiger partial charge in [-0.05, 0) is 19.1 Å². The average molecular weight is 326 g/mol. The van der Waals surface area contributed by atoms with Crippen molar-refractivity contribution < 1.29 is 17.9 Å². The molecule has 112 valence electrons. The van der Waals surface area contributed by atoms with Crippen LogP contribution in [0.15, 0.2) is 46.1 Å². The van der Waals surface area contributed by atoms with Gasteiger partial charge >= 0.3 is 5.97 Å². The van der Waals surface area contributed by atoms with Crippen molar-refractivity contribution in [2.45, 2.75) is 16.7 Å². The molecule has 0 aliphatic heterocycles. The van der Waals surface area contributed by atoms with Gasteiger partial charge in [0.15, 0.2) is 0 Å². The van der Waals surface area contributed by atoms with Crippen molar-refractivity contribution >= 4 is 27.1 Å². The third-order valence-electron chi connectivity index (χ3n) is 2.87. The second kappa shape index (κ2) is 5.92. The van der Waals surface area contributed by atoms with Gasteiger partial charge < -0.3 is 4.74 Å². The first-order chi connectivity index (χ1) is 9.94. The Hall–Kier alpha value is -1.77. The number of carbonyl (C=O) groups is 1. The zero-order valence-corrected chi connectivity index (χ0v) is 12.9. The van der Waals surface area contributed by atoms with E-state index in [1.165, 1.54) is 23.0 Å². The first kappa shape index (κ1) is 15.6. The van der Waals surface area contributed by atoms with E-state index >= 15 is 0 Å². The summed E-state index contributed by atoms with van der Waals surface area (Å²) < 4.78 is 30.5. The van der Waals surface area contributed by atoms with Crippen LogP contribution >= 0.6 is 11.3 Å². The van der Waals surface area contributed by atoms with Crippen LogP contribution in [0.25, 0.3) is 0 Å². The highest BCUT2D eigenvalue weighted by atomic mass is 32.2. The van der Waals surface area contributed by atoms with Gasteiger partial charge in [0, 0.05) is 5.38 Å². The lowest BCUT2D eigenvalue weighted by Gasteiger charge is -2.25. The summed E-state index contributed by atoms with van der Waals surface area (Å²) in [6, 6.07) is 7.54. The number of thiazole rings is 1. The number of hydrogen-bond donors (Lipinski definition) is 1. The Bertz CT molecular complexity index is 714. The summed E-state index contributed by atoms with van der Waals surface area (Å²) in [5.74, 6) is -1.04. The zero-order valence-electron chi connectivity index (χ0n) is 11.2. The predicted octanol–water partition coefficient (Wildman–Crippen LogP) is 1.29. The van der Waals surface area contributed by atoms with E-state index in [1.54, 1.807) is 25.1 Å². The third-order valence-corrected chi connectivity index (χ3v) is 5.57. The first-order valence-electron chi connectivity index (χ1n) is 6.09. The molecule has 2 N–H and O–H groups in total. The SMILES string of the molecule is CCOC(=O)C(N)(c1cscn1)S(=O)(=O)c1ccccc1. The third kappa shape index (κ3) is 2.57. The molecule has 0 amide bonds. The lowest BCUT2D eigenvalue weighted by molar-refractivity contribution is -0.146. The Morgan fingerprint density at radius 1 is 1.38 bits per heavy atom. The molecule has 21 heavy (non-hydrogen) atoms. The maximum atomic E-state index is 12.8. The van der Waals surface area contributed by atoms with Crippen LogP contribution in [0.5, 0.6) is 0 Å². The average Bonchev–Trinajstić information content (AvgIpc) is 3.02. The smallest absolute Gasteiger partial charge is 0.348 e. The maximum absolute atomic E-state index is 12.8. The number of nitrogens with zero attached hydrogens (tertiary/aromatic N) is 1. The van der Waals surface area contributed by atoms with Gasteiger partial charge in [0.05, 0.1) is 22.7 Å². The van der Waals surface area contributed by atoms with Gasteiger partial charge in [0.2, 0.25) is 9.84 Å². The van der Waals surface area contributed by atoms with Crippen LogP contribution in [0.3, 0.4) is 0 Å². The van der Waals surface area contributed by atoms with E-state index in [2.05, 4.69) is 4.98 Å². The molecule has 2 aromatic rings. The first-order valence-corrected chi connectivity index (χ1v) is 8.51. The number of nitrogens with two attached hydrogens (primary N) is 1. The Morgan fingerprint density at radius 2 is 2.05 bits per heavy atom. The molecule has 0 saturated heterocycles. The molecule has 2 rings (SSSR count). The summed E-state index contributed by atoms with van der Waals surface area (Å²) in [4.78, 5) is 13.7. The molecule has 1 aromatic heterocycles. The minimum absolute atomic E-state index is 0.0201. The molecule has 1 aromatic carbocycles. The summed E-state index contributed by atoms with van der Waals surface area (Å²) >= 11 is 1.15. The number of rotatable bonds is 5. The molecule has 1 unspecified atom stereocenters. The maximum Gasteiger partial charge on any atom is 0.348 e. The highest BCUT2D eigenvalue weighted by Gasteiger charge is 2.52. The topological polar surface area (TPSA) is 99.3 Å². The van der Waals surface area contributed by atoms with E-state index in [1.807, 2.05) is 0 Å². The van der Waals surface area contributed by atoms with Gasteiger partial charge in [-0.1, -0.05) is 18.2 Å². The Labute approximate surface area is 126 Å². The van der Waals surface area contributed by atoms with Crippen molar-refractivity contribution in [3.63, 3.8) is 0 Å². The highest BCUT2D eigenvalue weighted by molar-refractivity contribution is 7.93. The molecule has 6 nitrogen and oxygen atoms in total. The number of sulfone groups is 1. The number of aromatic nitrogens is 1. The van der Waals surface area contributed by atoms with E-state index in [0.717, 1.165) is 11.3 Å². The van der Waals surface area contributed by atoms with Gasteiger partial charge in [0.1, 0.15) is 0 Å². The van der Waals surface area contributed by atoms with Crippen molar-refractivity contribution in [2.24, 2.45) is 5.73 Å². The van der Waals surface area contributed by atoms with Crippen molar-refractivity contribution in [3.8, 4) is 0 Å². The van der Waals surface area contributed by atoms with Crippen LogP contribution in [0, 0.1) is 0 Å². The van der Waals surface area contributed by atoms with Crippen molar-refractivity contribution in [1.82, 2.24) is 4.98 Å². The summed E-state index contributed by atoms with van der Waals surface area (Å²) in [7, 11) is -4.20. The molecule has 0 radical (unpaired) electrons. The quantitative estimate of drug-likeness (QED) is 0.831. The Kier molecular flexibility index (Phi) is 4.40. The standard InChI is InChI=1S/C13H14N2O4S2/c1-2-19-12(16)13(14,11-8-20-9-15-11)21(17,18)10-6-4-3-5-7-10/h3-9H,2,14H2,1H3. The van der Waals surface area contributed by atoms with Crippen LogP contribution < -0.4 is 5.73 Å². The molecule has 0 aliphatic carbocycles. The molecular weight excluding hydrogens is 312 g/mol. The lowest BCUT2D eigenvalue weighted by Crippen LogP contribution is -2.52. The minimum Gasteiger partial charge on any atom is -0.464 e. The van der Waals surface area contributed by atoms with Crippen molar-refractivity contribution in [3.05, 3.63) is 46.9 Å². The summed E-state index contributed by atoms with van der Waals surface area (Å²) in [6.45, 7) is 1.60. The monoisotopic (exact) mass is 326 g/mol.